The van der Waals surface area contributed by atoms with Crippen LogP contribution in [0.15, 0.2) is 48.5 Å². The van der Waals surface area contributed by atoms with Gasteiger partial charge in [0.25, 0.3) is 12.4 Å². The Morgan fingerprint density at radius 2 is 1.83 bits per heavy atom. The van der Waals surface area contributed by atoms with E-state index in [1.54, 1.807) is 7.11 Å². The lowest BCUT2D eigenvalue weighted by Gasteiger charge is -2.14. The summed E-state index contributed by atoms with van der Waals surface area (Å²) < 4.78 is 13.1. The van der Waals surface area contributed by atoms with E-state index in [0.29, 0.717) is 6.73 Å². The number of para-hydroxylation sites is 3. The maximum atomic E-state index is 5.73. The standard InChI is InChI=1S/C15H14NO2/c1-17-15-9-5-3-7-13(15)16-10-12-6-2-4-8-14(12)18-11-16/h2-10H,11H2,1H3/q+1. The zero-order valence-corrected chi connectivity index (χ0v) is 10.2. The van der Waals surface area contributed by atoms with E-state index in [0.717, 1.165) is 22.7 Å². The highest BCUT2D eigenvalue weighted by atomic mass is 16.5. The average molecular weight is 240 g/mol. The Morgan fingerprint density at radius 1 is 1.06 bits per heavy atom. The Morgan fingerprint density at radius 3 is 2.72 bits per heavy atom. The fraction of sp³-hybridized carbons (Fsp3) is 0.133. The molecule has 1 aliphatic heterocycles. The quantitative estimate of drug-likeness (QED) is 0.753. The van der Waals surface area contributed by atoms with Gasteiger partial charge in [0.15, 0.2) is 12.0 Å². The Hall–Kier alpha value is -2.29. The van der Waals surface area contributed by atoms with Gasteiger partial charge in [-0.3, -0.25) is 0 Å². The highest BCUT2D eigenvalue weighted by molar-refractivity contribution is 5.81. The molecule has 0 amide bonds. The molecule has 2 aromatic rings. The molecule has 3 nitrogen and oxygen atoms in total. The number of hydrogen-bond donors (Lipinski definition) is 0. The fourth-order valence-corrected chi connectivity index (χ4v) is 2.07. The first-order chi connectivity index (χ1) is 8.88. The molecule has 0 spiro atoms. The predicted molar refractivity (Wildman–Crippen MR) is 70.0 cm³/mol. The van der Waals surface area contributed by atoms with Gasteiger partial charge in [0.2, 0.25) is 0 Å². The molecule has 0 N–H and O–H groups in total. The molecule has 1 heterocycles. The molecule has 3 heteroatoms. The zero-order chi connectivity index (χ0) is 12.4. The van der Waals surface area contributed by atoms with Crippen molar-refractivity contribution in [3.63, 3.8) is 0 Å². The van der Waals surface area contributed by atoms with Gasteiger partial charge in [-0.2, -0.15) is 4.58 Å². The maximum Gasteiger partial charge on any atom is 0.292 e. The molecule has 2 aromatic carbocycles. The van der Waals surface area contributed by atoms with Crippen LogP contribution in [0.4, 0.5) is 5.69 Å². The van der Waals surface area contributed by atoms with E-state index in [-0.39, 0.29) is 0 Å². The van der Waals surface area contributed by atoms with Crippen LogP contribution in [0, 0.1) is 0 Å². The van der Waals surface area contributed by atoms with Gasteiger partial charge in [-0.25, -0.2) is 0 Å². The van der Waals surface area contributed by atoms with Crippen molar-refractivity contribution in [2.45, 2.75) is 0 Å². The van der Waals surface area contributed by atoms with Gasteiger partial charge in [-0.15, -0.1) is 0 Å². The van der Waals surface area contributed by atoms with Gasteiger partial charge < -0.3 is 9.47 Å². The summed E-state index contributed by atoms with van der Waals surface area (Å²) in [6, 6.07) is 15.9. The molecule has 0 aliphatic carbocycles. The van der Waals surface area contributed by atoms with E-state index in [2.05, 4.69) is 6.21 Å². The summed E-state index contributed by atoms with van der Waals surface area (Å²) in [4.78, 5) is 0. The molecule has 0 aromatic heterocycles. The average Bonchev–Trinajstić information content (AvgIpc) is 2.46. The molecule has 0 unspecified atom stereocenters. The Labute approximate surface area is 106 Å². The second kappa shape index (κ2) is 4.53. The van der Waals surface area contributed by atoms with Crippen LogP contribution in [0.3, 0.4) is 0 Å². The minimum absolute atomic E-state index is 0.497. The minimum atomic E-state index is 0.497. The molecule has 0 fully saturated rings. The summed E-state index contributed by atoms with van der Waals surface area (Å²) in [5, 5.41) is 0. The fourth-order valence-electron chi connectivity index (χ4n) is 2.07. The van der Waals surface area contributed by atoms with E-state index in [9.17, 15) is 0 Å². The van der Waals surface area contributed by atoms with Gasteiger partial charge in [0.1, 0.15) is 5.75 Å². The van der Waals surface area contributed by atoms with Crippen LogP contribution in [0.25, 0.3) is 0 Å². The van der Waals surface area contributed by atoms with Gasteiger partial charge >= 0.3 is 0 Å². The summed E-state index contributed by atoms with van der Waals surface area (Å²) in [5.41, 5.74) is 2.09. The van der Waals surface area contributed by atoms with Crippen molar-refractivity contribution >= 4 is 11.9 Å². The van der Waals surface area contributed by atoms with E-state index in [1.165, 1.54) is 0 Å². The monoisotopic (exact) mass is 240 g/mol. The number of nitrogens with zero attached hydrogens (tertiary/aromatic N) is 1. The number of ether oxygens (including phenoxy) is 2. The van der Waals surface area contributed by atoms with Crippen molar-refractivity contribution in [1.82, 2.24) is 0 Å². The van der Waals surface area contributed by atoms with Crippen LogP contribution in [0.5, 0.6) is 11.5 Å². The lowest BCUT2D eigenvalue weighted by molar-refractivity contribution is -0.476. The van der Waals surface area contributed by atoms with Crippen molar-refractivity contribution in [1.29, 1.82) is 0 Å². The Bertz CT molecular complexity index is 605. The summed E-state index contributed by atoms with van der Waals surface area (Å²) in [6.07, 6.45) is 2.08. The van der Waals surface area contributed by atoms with Gasteiger partial charge in [-0.05, 0) is 18.2 Å². The third-order valence-electron chi connectivity index (χ3n) is 2.97. The van der Waals surface area contributed by atoms with Crippen LogP contribution < -0.4 is 9.47 Å². The molecule has 0 radical (unpaired) electrons. The summed E-state index contributed by atoms with van der Waals surface area (Å²) in [6.45, 7) is 0.497. The van der Waals surface area contributed by atoms with Crippen LogP contribution in [0.2, 0.25) is 0 Å². The SMILES string of the molecule is COc1ccccc1[N+]1=Cc2ccccc2OC1. The Kier molecular flexibility index (Phi) is 2.73. The second-order valence-electron chi connectivity index (χ2n) is 4.08. The maximum absolute atomic E-state index is 5.73. The van der Waals surface area contributed by atoms with E-state index < -0.39 is 0 Å². The van der Waals surface area contributed by atoms with Crippen LogP contribution >= 0.6 is 0 Å². The third-order valence-corrected chi connectivity index (χ3v) is 2.97. The van der Waals surface area contributed by atoms with Crippen molar-refractivity contribution in [3.8, 4) is 11.5 Å². The number of methoxy groups -OCH3 is 1. The minimum Gasteiger partial charge on any atom is -0.490 e. The van der Waals surface area contributed by atoms with Crippen molar-refractivity contribution in [3.05, 3.63) is 54.1 Å². The molecule has 3 rings (SSSR count). The molecule has 0 bridgehead atoms. The molecule has 18 heavy (non-hydrogen) atoms. The van der Waals surface area contributed by atoms with Crippen LogP contribution in [-0.4, -0.2) is 24.6 Å². The first-order valence-electron chi connectivity index (χ1n) is 5.85. The predicted octanol–water partition coefficient (Wildman–Crippen LogP) is 2.81. The highest BCUT2D eigenvalue weighted by Crippen LogP contribution is 2.29. The van der Waals surface area contributed by atoms with E-state index in [4.69, 9.17) is 9.47 Å². The van der Waals surface area contributed by atoms with Crippen LogP contribution in [0.1, 0.15) is 5.56 Å². The van der Waals surface area contributed by atoms with Crippen molar-refractivity contribution < 1.29 is 14.0 Å². The first kappa shape index (κ1) is 10.8. The van der Waals surface area contributed by atoms with Gasteiger partial charge in [-0.1, -0.05) is 24.3 Å². The number of hydrogen-bond acceptors (Lipinski definition) is 2. The number of rotatable bonds is 2. The molecule has 0 atom stereocenters. The highest BCUT2D eigenvalue weighted by Gasteiger charge is 2.21. The number of benzene rings is 2. The molecule has 0 saturated carbocycles. The Balaban J connectivity index is 2.07. The first-order valence-corrected chi connectivity index (χ1v) is 5.85. The summed E-state index contributed by atoms with van der Waals surface area (Å²) in [5.74, 6) is 1.76. The molecule has 90 valence electrons. The smallest absolute Gasteiger partial charge is 0.292 e. The molecule has 1 aliphatic rings. The topological polar surface area (TPSA) is 21.5 Å². The molecule has 0 saturated heterocycles. The summed E-state index contributed by atoms with van der Waals surface area (Å²) >= 11 is 0. The molecular weight excluding hydrogens is 226 g/mol. The van der Waals surface area contributed by atoms with Gasteiger partial charge in [0, 0.05) is 6.07 Å². The van der Waals surface area contributed by atoms with Crippen molar-refractivity contribution in [2.24, 2.45) is 0 Å². The van der Waals surface area contributed by atoms with E-state index in [1.807, 2.05) is 53.1 Å². The van der Waals surface area contributed by atoms with Gasteiger partial charge in [0.05, 0.1) is 12.7 Å². The lowest BCUT2D eigenvalue weighted by atomic mass is 10.2. The van der Waals surface area contributed by atoms with E-state index >= 15 is 0 Å². The van der Waals surface area contributed by atoms with Crippen LogP contribution in [-0.2, 0) is 0 Å². The van der Waals surface area contributed by atoms with Crippen molar-refractivity contribution in [2.75, 3.05) is 13.8 Å². The normalized spacial score (nSPS) is 13.3. The zero-order valence-electron chi connectivity index (χ0n) is 10.2. The third kappa shape index (κ3) is 1.84. The summed E-state index contributed by atoms with van der Waals surface area (Å²) in [7, 11) is 1.68. The lowest BCUT2D eigenvalue weighted by Crippen LogP contribution is -2.20. The second-order valence-corrected chi connectivity index (χ2v) is 4.08. The molecular formula is C15H14NO2+. The largest absolute Gasteiger partial charge is 0.490 e. The number of fused-ring (bicyclic) bond motifs is 1.